The Hall–Kier alpha value is -3.67. The summed E-state index contributed by atoms with van der Waals surface area (Å²) in [6, 6.07) is 11.7. The molecular weight excluding hydrogens is 530 g/mol. The number of nitrogens with one attached hydrogen (secondary N) is 1. The summed E-state index contributed by atoms with van der Waals surface area (Å²) in [6.45, 7) is 2.96. The van der Waals surface area contributed by atoms with Crippen molar-refractivity contribution in [2.45, 2.75) is 18.4 Å². The predicted octanol–water partition coefficient (Wildman–Crippen LogP) is 4.32. The van der Waals surface area contributed by atoms with Gasteiger partial charge < -0.3 is 19.1 Å². The van der Waals surface area contributed by atoms with E-state index in [1.807, 2.05) is 31.1 Å². The van der Waals surface area contributed by atoms with E-state index in [0.29, 0.717) is 34.2 Å². The summed E-state index contributed by atoms with van der Waals surface area (Å²) in [5.41, 5.74) is 1.92. The highest BCUT2D eigenvalue weighted by atomic mass is 35.5. The van der Waals surface area contributed by atoms with Gasteiger partial charge in [-0.25, -0.2) is 18.4 Å². The Morgan fingerprint density at radius 2 is 1.79 bits per heavy atom. The number of fused-ring (bicyclic) bond motifs is 1. The van der Waals surface area contributed by atoms with Crippen molar-refractivity contribution in [3.63, 3.8) is 0 Å². The van der Waals surface area contributed by atoms with Crippen molar-refractivity contribution in [3.8, 4) is 17.2 Å². The number of ether oxygens (including phenoxy) is 3. The van der Waals surface area contributed by atoms with Crippen LogP contribution in [0.2, 0.25) is 5.02 Å². The number of pyridine rings is 1. The maximum Gasteiger partial charge on any atom is 0.263 e. The molecule has 0 fully saturated rings. The second-order valence-corrected chi connectivity index (χ2v) is 10.7. The number of sulfonamides is 1. The van der Waals surface area contributed by atoms with Crippen LogP contribution in [0.25, 0.3) is 11.2 Å². The highest BCUT2D eigenvalue weighted by Crippen LogP contribution is 2.32. The molecule has 0 spiro atoms. The summed E-state index contributed by atoms with van der Waals surface area (Å²) < 4.78 is 46.4. The van der Waals surface area contributed by atoms with Crippen LogP contribution in [0.3, 0.4) is 0 Å². The molecule has 12 heteroatoms. The van der Waals surface area contributed by atoms with Gasteiger partial charge in [0.25, 0.3) is 10.0 Å². The molecule has 4 aromatic rings. The third-order valence-corrected chi connectivity index (χ3v) is 7.47. The number of aromatic nitrogens is 3. The van der Waals surface area contributed by atoms with Crippen LogP contribution in [0.1, 0.15) is 11.1 Å². The topological polar surface area (TPSA) is 116 Å². The fourth-order valence-corrected chi connectivity index (χ4v) is 5.06. The molecule has 1 N–H and O–H groups in total. The molecular formula is C26H28ClN5O5S. The number of likely N-dealkylation sites (N-methyl/N-ethyl adjacent to an activating group) is 1. The first kappa shape index (κ1) is 27.4. The lowest BCUT2D eigenvalue weighted by Gasteiger charge is -2.16. The second kappa shape index (κ2) is 11.8. The molecule has 2 aromatic carbocycles. The molecule has 2 aromatic heterocycles. The molecule has 0 aliphatic heterocycles. The summed E-state index contributed by atoms with van der Waals surface area (Å²) in [4.78, 5) is 14.9. The highest BCUT2D eigenvalue weighted by Gasteiger charge is 2.22. The van der Waals surface area contributed by atoms with Crippen LogP contribution in [0.15, 0.2) is 59.8 Å². The largest absolute Gasteiger partial charge is 0.493 e. The number of nitrogens with zero attached hydrogens (tertiary/aromatic N) is 4. The lowest BCUT2D eigenvalue weighted by molar-refractivity contribution is 0.249. The van der Waals surface area contributed by atoms with E-state index < -0.39 is 10.0 Å². The van der Waals surface area contributed by atoms with Gasteiger partial charge >= 0.3 is 0 Å². The van der Waals surface area contributed by atoms with E-state index in [-0.39, 0.29) is 28.7 Å². The first-order valence-electron chi connectivity index (χ1n) is 11.6. The minimum atomic E-state index is -4.04. The highest BCUT2D eigenvalue weighted by molar-refractivity contribution is 7.92. The van der Waals surface area contributed by atoms with Crippen LogP contribution >= 0.6 is 11.6 Å². The van der Waals surface area contributed by atoms with E-state index in [2.05, 4.69) is 19.7 Å². The zero-order chi connectivity index (χ0) is 27.3. The Balaban J connectivity index is 1.63. The summed E-state index contributed by atoms with van der Waals surface area (Å²) in [5, 5.41) is 0.338. The molecule has 2 heterocycles. The van der Waals surface area contributed by atoms with Crippen molar-refractivity contribution < 1.29 is 22.6 Å². The molecule has 10 nitrogen and oxygen atoms in total. The SMILES string of the molecule is COc1ccc(COc2cc3nccnc3nc2NS(=O)(=O)c2cccc(Cl)c2C)cc1OCCN(C)C. The first-order valence-corrected chi connectivity index (χ1v) is 13.5. The summed E-state index contributed by atoms with van der Waals surface area (Å²) in [5.74, 6) is 1.34. The van der Waals surface area contributed by atoms with Crippen molar-refractivity contribution in [1.29, 1.82) is 0 Å². The second-order valence-electron chi connectivity index (χ2n) is 8.63. The minimum Gasteiger partial charge on any atom is -0.493 e. The Labute approximate surface area is 226 Å². The minimum absolute atomic E-state index is 0.0201. The third kappa shape index (κ3) is 6.42. The maximum atomic E-state index is 13.3. The number of methoxy groups -OCH3 is 1. The number of hydrogen-bond acceptors (Lipinski definition) is 9. The maximum absolute atomic E-state index is 13.3. The number of anilines is 1. The van der Waals surface area contributed by atoms with Gasteiger partial charge in [-0.2, -0.15) is 0 Å². The van der Waals surface area contributed by atoms with E-state index in [9.17, 15) is 8.42 Å². The standard InChI is InChI=1S/C26H28ClN5O5S/c1-17-19(27)6-5-7-24(17)38(33,34)31-26-23(15-20-25(30-26)29-11-10-28-20)37-16-18-8-9-21(35-4)22(14-18)36-13-12-32(2)3/h5-11,14-15H,12-13,16H2,1-4H3,(H,29,30,31). The Kier molecular flexibility index (Phi) is 8.50. The van der Waals surface area contributed by atoms with Gasteiger partial charge in [0.2, 0.25) is 0 Å². The molecule has 0 aliphatic rings. The lowest BCUT2D eigenvalue weighted by Crippen LogP contribution is -2.19. The van der Waals surface area contributed by atoms with E-state index in [4.69, 9.17) is 25.8 Å². The summed E-state index contributed by atoms with van der Waals surface area (Å²) in [7, 11) is 1.47. The Morgan fingerprint density at radius 3 is 2.55 bits per heavy atom. The van der Waals surface area contributed by atoms with E-state index >= 15 is 0 Å². The zero-order valence-corrected chi connectivity index (χ0v) is 23.0. The fraction of sp³-hybridized carbons (Fsp3) is 0.269. The van der Waals surface area contributed by atoms with Crippen LogP contribution in [0, 0.1) is 6.92 Å². The molecule has 4 rings (SSSR count). The predicted molar refractivity (Wildman–Crippen MR) is 146 cm³/mol. The molecule has 0 amide bonds. The molecule has 0 aliphatic carbocycles. The summed E-state index contributed by atoms with van der Waals surface area (Å²) in [6.07, 6.45) is 3.00. The molecule has 0 radical (unpaired) electrons. The van der Waals surface area contributed by atoms with Gasteiger partial charge in [-0.3, -0.25) is 9.71 Å². The van der Waals surface area contributed by atoms with Gasteiger partial charge in [0.05, 0.1) is 12.0 Å². The van der Waals surface area contributed by atoms with Gasteiger partial charge in [-0.15, -0.1) is 0 Å². The van der Waals surface area contributed by atoms with Gasteiger partial charge in [-0.1, -0.05) is 23.7 Å². The number of hydrogen-bond donors (Lipinski definition) is 1. The van der Waals surface area contributed by atoms with Crippen LogP contribution in [0.5, 0.6) is 17.2 Å². The van der Waals surface area contributed by atoms with Crippen LogP contribution in [0.4, 0.5) is 5.82 Å². The molecule has 38 heavy (non-hydrogen) atoms. The first-order chi connectivity index (χ1) is 18.2. The van der Waals surface area contributed by atoms with Gasteiger partial charge in [0.1, 0.15) is 18.7 Å². The van der Waals surface area contributed by atoms with Crippen LogP contribution in [-0.4, -0.2) is 62.6 Å². The monoisotopic (exact) mass is 557 g/mol. The van der Waals surface area contributed by atoms with Gasteiger partial charge in [-0.05, 0) is 56.4 Å². The van der Waals surface area contributed by atoms with Crippen molar-refractivity contribution in [2.75, 3.05) is 39.1 Å². The number of halogens is 1. The quantitative estimate of drug-likeness (QED) is 0.288. The zero-order valence-electron chi connectivity index (χ0n) is 21.4. The Bertz CT molecular complexity index is 1550. The van der Waals surface area contributed by atoms with E-state index in [0.717, 1.165) is 12.1 Å². The molecule has 0 saturated carbocycles. The van der Waals surface area contributed by atoms with Crippen molar-refractivity contribution >= 4 is 38.6 Å². The van der Waals surface area contributed by atoms with Crippen LogP contribution in [-0.2, 0) is 16.6 Å². The average molecular weight is 558 g/mol. The third-order valence-electron chi connectivity index (χ3n) is 5.58. The van der Waals surface area contributed by atoms with Crippen LogP contribution < -0.4 is 18.9 Å². The molecule has 0 atom stereocenters. The number of benzene rings is 2. The number of rotatable bonds is 11. The molecule has 0 unspecified atom stereocenters. The normalized spacial score (nSPS) is 11.5. The summed E-state index contributed by atoms with van der Waals surface area (Å²) >= 11 is 6.16. The Morgan fingerprint density at radius 1 is 1.00 bits per heavy atom. The smallest absolute Gasteiger partial charge is 0.263 e. The van der Waals surface area contributed by atoms with Gasteiger partial charge in [0.15, 0.2) is 28.7 Å². The van der Waals surface area contributed by atoms with E-state index in [1.54, 1.807) is 38.3 Å². The van der Waals surface area contributed by atoms with Gasteiger partial charge in [0, 0.05) is 30.0 Å². The molecule has 0 bridgehead atoms. The average Bonchev–Trinajstić information content (AvgIpc) is 2.88. The van der Waals surface area contributed by atoms with Crippen molar-refractivity contribution in [2.24, 2.45) is 0 Å². The lowest BCUT2D eigenvalue weighted by atomic mass is 10.2. The van der Waals surface area contributed by atoms with Crippen molar-refractivity contribution in [1.82, 2.24) is 19.9 Å². The van der Waals surface area contributed by atoms with E-state index in [1.165, 1.54) is 18.5 Å². The van der Waals surface area contributed by atoms with Crippen molar-refractivity contribution in [3.05, 3.63) is 71.0 Å². The molecule has 200 valence electrons. The molecule has 0 saturated heterocycles. The fourth-order valence-electron chi connectivity index (χ4n) is 3.55.